The standard InChI is InChI=1S/C9H6F2N2O4S/c10-9(11)16-7-2-1-6(5-8(7)17-9)13-18(14,15)4-3-12/h1-2,5,13H,4H2. The third-order valence-electron chi connectivity index (χ3n) is 1.93. The van der Waals surface area contributed by atoms with Crippen molar-refractivity contribution < 1.29 is 26.7 Å². The first-order chi connectivity index (χ1) is 8.31. The molecular weight excluding hydrogens is 270 g/mol. The molecule has 1 heterocycles. The Bertz CT molecular complexity index is 624. The zero-order chi connectivity index (χ0) is 13.4. The zero-order valence-electron chi connectivity index (χ0n) is 8.68. The number of nitriles is 1. The largest absolute Gasteiger partial charge is 0.586 e. The maximum absolute atomic E-state index is 12.7. The van der Waals surface area contributed by atoms with E-state index in [0.29, 0.717) is 0 Å². The fraction of sp³-hybridized carbons (Fsp3) is 0.222. The molecule has 1 N–H and O–H groups in total. The number of ether oxygens (including phenoxy) is 2. The number of alkyl halides is 2. The molecule has 0 saturated carbocycles. The smallest absolute Gasteiger partial charge is 0.395 e. The Kier molecular flexibility index (Phi) is 2.74. The summed E-state index contributed by atoms with van der Waals surface area (Å²) in [6.07, 6.45) is -3.76. The Labute approximate surface area is 101 Å². The molecule has 0 aliphatic carbocycles. The van der Waals surface area contributed by atoms with Crippen LogP contribution < -0.4 is 14.2 Å². The van der Waals surface area contributed by atoms with Gasteiger partial charge in [0.25, 0.3) is 0 Å². The van der Waals surface area contributed by atoms with Gasteiger partial charge in [-0.3, -0.25) is 4.72 Å². The van der Waals surface area contributed by atoms with Crippen LogP contribution in [0, 0.1) is 11.3 Å². The van der Waals surface area contributed by atoms with E-state index in [1.165, 1.54) is 12.1 Å². The number of halogens is 2. The van der Waals surface area contributed by atoms with Crippen LogP contribution in [0.1, 0.15) is 0 Å². The minimum absolute atomic E-state index is 0.00491. The highest BCUT2D eigenvalue weighted by atomic mass is 32.2. The highest BCUT2D eigenvalue weighted by molar-refractivity contribution is 7.92. The minimum Gasteiger partial charge on any atom is -0.395 e. The van der Waals surface area contributed by atoms with Gasteiger partial charge in [-0.05, 0) is 12.1 Å². The molecule has 0 spiro atoms. The van der Waals surface area contributed by atoms with E-state index in [2.05, 4.69) is 9.47 Å². The molecule has 1 aromatic carbocycles. The molecule has 0 radical (unpaired) electrons. The number of nitrogens with zero attached hydrogens (tertiary/aromatic N) is 1. The predicted octanol–water partition coefficient (Wildman–Crippen LogP) is 1.27. The highest BCUT2D eigenvalue weighted by Gasteiger charge is 2.43. The number of benzene rings is 1. The van der Waals surface area contributed by atoms with Gasteiger partial charge in [-0.15, -0.1) is 8.78 Å². The molecule has 1 aliphatic heterocycles. The average Bonchev–Trinajstić information content (AvgIpc) is 2.50. The Morgan fingerprint density at radius 3 is 2.67 bits per heavy atom. The maximum atomic E-state index is 12.7. The fourth-order valence-corrected chi connectivity index (χ4v) is 2.04. The number of anilines is 1. The molecule has 18 heavy (non-hydrogen) atoms. The second-order valence-corrected chi connectivity index (χ2v) is 5.07. The molecule has 0 saturated heterocycles. The van der Waals surface area contributed by atoms with Gasteiger partial charge in [0.2, 0.25) is 10.0 Å². The SMILES string of the molecule is N#CCS(=O)(=O)Nc1ccc2c(c1)OC(F)(F)O2. The number of hydrogen-bond donors (Lipinski definition) is 1. The van der Waals surface area contributed by atoms with Crippen molar-refractivity contribution in [2.45, 2.75) is 6.29 Å². The first kappa shape index (κ1) is 12.4. The lowest BCUT2D eigenvalue weighted by Gasteiger charge is -2.05. The van der Waals surface area contributed by atoms with Gasteiger partial charge in [-0.2, -0.15) is 5.26 Å². The van der Waals surface area contributed by atoms with Crippen molar-refractivity contribution in [3.05, 3.63) is 18.2 Å². The normalized spacial score (nSPS) is 16.1. The molecule has 1 aliphatic rings. The van der Waals surface area contributed by atoms with Crippen LogP contribution in [0.15, 0.2) is 18.2 Å². The molecule has 0 amide bonds. The van der Waals surface area contributed by atoms with Crippen molar-refractivity contribution in [3.63, 3.8) is 0 Å². The summed E-state index contributed by atoms with van der Waals surface area (Å²) in [5.41, 5.74) is 0.00491. The van der Waals surface area contributed by atoms with Gasteiger partial charge in [0.1, 0.15) is 0 Å². The molecule has 0 fully saturated rings. The quantitative estimate of drug-likeness (QED) is 0.898. The van der Waals surface area contributed by atoms with Gasteiger partial charge in [-0.1, -0.05) is 0 Å². The number of nitrogens with one attached hydrogen (secondary N) is 1. The molecule has 1 aromatic rings. The molecule has 0 bridgehead atoms. The lowest BCUT2D eigenvalue weighted by Crippen LogP contribution is -2.25. The van der Waals surface area contributed by atoms with E-state index in [0.717, 1.165) is 12.1 Å². The van der Waals surface area contributed by atoms with Crippen molar-refractivity contribution in [2.75, 3.05) is 10.5 Å². The van der Waals surface area contributed by atoms with Crippen LogP contribution >= 0.6 is 0 Å². The zero-order valence-corrected chi connectivity index (χ0v) is 9.50. The minimum atomic E-state index is -3.83. The van der Waals surface area contributed by atoms with Gasteiger partial charge in [0, 0.05) is 6.07 Å². The second-order valence-electron chi connectivity index (χ2n) is 3.35. The Morgan fingerprint density at radius 2 is 2.00 bits per heavy atom. The van der Waals surface area contributed by atoms with Crippen molar-refractivity contribution in [1.29, 1.82) is 5.26 Å². The lowest BCUT2D eigenvalue weighted by atomic mass is 10.3. The predicted molar refractivity (Wildman–Crippen MR) is 55.7 cm³/mol. The summed E-state index contributed by atoms with van der Waals surface area (Å²) in [5.74, 6) is -1.21. The fourth-order valence-electron chi connectivity index (χ4n) is 1.31. The summed E-state index contributed by atoms with van der Waals surface area (Å²) in [7, 11) is -3.83. The summed E-state index contributed by atoms with van der Waals surface area (Å²) < 4.78 is 58.3. The van der Waals surface area contributed by atoms with Crippen molar-refractivity contribution in [1.82, 2.24) is 0 Å². The van der Waals surface area contributed by atoms with Crippen LogP contribution in [0.4, 0.5) is 14.5 Å². The van der Waals surface area contributed by atoms with Gasteiger partial charge >= 0.3 is 6.29 Å². The number of sulfonamides is 1. The number of rotatable bonds is 3. The van der Waals surface area contributed by atoms with Crippen LogP contribution in [0.5, 0.6) is 11.5 Å². The molecule has 6 nitrogen and oxygen atoms in total. The lowest BCUT2D eigenvalue weighted by molar-refractivity contribution is -0.286. The monoisotopic (exact) mass is 276 g/mol. The van der Waals surface area contributed by atoms with Gasteiger partial charge in [0.15, 0.2) is 17.3 Å². The van der Waals surface area contributed by atoms with E-state index < -0.39 is 22.1 Å². The third-order valence-corrected chi connectivity index (χ3v) is 2.99. The summed E-state index contributed by atoms with van der Waals surface area (Å²) in [6.45, 7) is 0. The van der Waals surface area contributed by atoms with Crippen LogP contribution in [-0.4, -0.2) is 20.5 Å². The molecule has 96 valence electrons. The van der Waals surface area contributed by atoms with Gasteiger partial charge in [0.05, 0.1) is 11.8 Å². The molecular formula is C9H6F2N2O4S. The van der Waals surface area contributed by atoms with Crippen molar-refractivity contribution in [3.8, 4) is 17.6 Å². The van der Waals surface area contributed by atoms with E-state index in [9.17, 15) is 17.2 Å². The van der Waals surface area contributed by atoms with E-state index in [4.69, 9.17) is 5.26 Å². The Morgan fingerprint density at radius 1 is 1.33 bits per heavy atom. The summed E-state index contributed by atoms with van der Waals surface area (Å²) in [5, 5.41) is 8.29. The molecule has 0 atom stereocenters. The van der Waals surface area contributed by atoms with Gasteiger partial charge < -0.3 is 9.47 Å². The molecule has 2 rings (SSSR count). The first-order valence-corrected chi connectivity index (χ1v) is 6.24. The van der Waals surface area contributed by atoms with E-state index >= 15 is 0 Å². The summed E-state index contributed by atoms with van der Waals surface area (Å²) in [4.78, 5) is 0. The van der Waals surface area contributed by atoms with Crippen molar-refractivity contribution >= 4 is 15.7 Å². The highest BCUT2D eigenvalue weighted by Crippen LogP contribution is 2.42. The average molecular weight is 276 g/mol. The van der Waals surface area contributed by atoms with Crippen molar-refractivity contribution in [2.24, 2.45) is 0 Å². The molecule has 0 aromatic heterocycles. The molecule has 0 unspecified atom stereocenters. The maximum Gasteiger partial charge on any atom is 0.586 e. The molecule has 9 heteroatoms. The van der Waals surface area contributed by atoms with E-state index in [-0.39, 0.29) is 17.2 Å². The third kappa shape index (κ3) is 2.60. The Balaban J connectivity index is 2.23. The number of hydrogen-bond acceptors (Lipinski definition) is 5. The van der Waals surface area contributed by atoms with Crippen LogP contribution in [0.2, 0.25) is 0 Å². The number of fused-ring (bicyclic) bond motifs is 1. The first-order valence-electron chi connectivity index (χ1n) is 4.59. The van der Waals surface area contributed by atoms with Crippen LogP contribution in [0.3, 0.4) is 0 Å². The Hall–Kier alpha value is -2.08. The van der Waals surface area contributed by atoms with E-state index in [1.54, 1.807) is 0 Å². The summed E-state index contributed by atoms with van der Waals surface area (Å²) >= 11 is 0. The van der Waals surface area contributed by atoms with E-state index in [1.807, 2.05) is 4.72 Å². The second kappa shape index (κ2) is 3.99. The summed E-state index contributed by atoms with van der Waals surface area (Å²) in [6, 6.07) is 4.87. The van der Waals surface area contributed by atoms with Crippen LogP contribution in [-0.2, 0) is 10.0 Å². The van der Waals surface area contributed by atoms with Gasteiger partial charge in [-0.25, -0.2) is 8.42 Å². The van der Waals surface area contributed by atoms with Crippen LogP contribution in [0.25, 0.3) is 0 Å². The topological polar surface area (TPSA) is 88.4 Å².